The summed E-state index contributed by atoms with van der Waals surface area (Å²) in [4.78, 5) is 29.3. The first kappa shape index (κ1) is 33.2. The molecule has 0 saturated carbocycles. The van der Waals surface area contributed by atoms with Crippen molar-refractivity contribution in [3.05, 3.63) is 53.4 Å². The quantitative estimate of drug-likeness (QED) is 0.196. The van der Waals surface area contributed by atoms with E-state index in [0.717, 1.165) is 28.5 Å². The highest BCUT2D eigenvalue weighted by Gasteiger charge is 2.27. The summed E-state index contributed by atoms with van der Waals surface area (Å²) in [5, 5.41) is 2.33. The van der Waals surface area contributed by atoms with E-state index in [9.17, 15) is 39.6 Å². The van der Waals surface area contributed by atoms with Gasteiger partial charge in [0.15, 0.2) is 17.2 Å². The molecule has 2 N–H and O–H groups in total. The van der Waals surface area contributed by atoms with Crippen molar-refractivity contribution < 1.29 is 44.0 Å². The van der Waals surface area contributed by atoms with Gasteiger partial charge >= 0.3 is 0 Å². The highest BCUT2D eigenvalue weighted by atomic mass is 32.2. The van der Waals surface area contributed by atoms with Crippen molar-refractivity contribution in [3.63, 3.8) is 0 Å². The Labute approximate surface area is 244 Å². The lowest BCUT2D eigenvalue weighted by atomic mass is 10.1. The number of hydrogen-bond acceptors (Lipinski definition) is 8. The maximum atomic E-state index is 15.5. The molecule has 3 aromatic rings. The van der Waals surface area contributed by atoms with E-state index in [1.807, 2.05) is 0 Å². The van der Waals surface area contributed by atoms with Gasteiger partial charge in [-0.05, 0) is 44.4 Å². The summed E-state index contributed by atoms with van der Waals surface area (Å²) in [5.41, 5.74) is -1.91. The first-order valence-corrected chi connectivity index (χ1v) is 17.3. The van der Waals surface area contributed by atoms with Gasteiger partial charge in [0.05, 0.1) is 29.1 Å². The molecular weight excluding hydrogens is 618 g/mol. The van der Waals surface area contributed by atoms with Gasteiger partial charge in [-0.15, -0.1) is 0 Å². The van der Waals surface area contributed by atoms with Crippen molar-refractivity contribution >= 4 is 65.2 Å². The number of carbonyl (C=O) groups is 2. The normalized spacial score (nSPS) is 12.8. The second-order valence-electron chi connectivity index (χ2n) is 9.35. The predicted molar refractivity (Wildman–Crippen MR) is 155 cm³/mol. The maximum Gasteiger partial charge on any atom is 0.261 e. The van der Waals surface area contributed by atoms with Gasteiger partial charge in [-0.3, -0.25) is 18.4 Å². The third kappa shape index (κ3) is 7.37. The number of halogens is 2. The molecule has 17 heteroatoms. The van der Waals surface area contributed by atoms with Crippen molar-refractivity contribution in [1.29, 1.82) is 0 Å². The Morgan fingerprint density at radius 2 is 1.76 bits per heavy atom. The monoisotopic (exact) mass is 648 g/mol. The highest BCUT2D eigenvalue weighted by Crippen LogP contribution is 2.29. The number of ketones is 1. The lowest BCUT2D eigenvalue weighted by Gasteiger charge is -2.21. The topological polar surface area (TPSA) is 173 Å². The fraction of sp³-hybridized carbons (Fsp3) is 0.400. The Morgan fingerprint density at radius 1 is 1.10 bits per heavy atom. The minimum Gasteiger partial charge on any atom is -0.320 e. The van der Waals surface area contributed by atoms with E-state index in [2.05, 4.69) is 10.3 Å². The van der Waals surface area contributed by atoms with Gasteiger partial charge in [0.1, 0.15) is 21.2 Å². The third-order valence-corrected chi connectivity index (χ3v) is 10.6. The largest absolute Gasteiger partial charge is 0.320 e. The number of benzene rings is 1. The number of fused-ring (bicyclic) bond motifs is 1. The molecule has 0 spiro atoms. The van der Waals surface area contributed by atoms with Gasteiger partial charge < -0.3 is 5.32 Å². The molecule has 1 atom stereocenters. The molecule has 0 saturated heterocycles. The van der Waals surface area contributed by atoms with E-state index in [0.29, 0.717) is 17.1 Å². The Balaban J connectivity index is 1.96. The predicted octanol–water partition coefficient (Wildman–Crippen LogP) is 3.52. The average molecular weight is 649 g/mol. The minimum absolute atomic E-state index is 0.00495. The first-order valence-electron chi connectivity index (χ1n) is 12.8. The molecule has 1 unspecified atom stereocenters. The summed E-state index contributed by atoms with van der Waals surface area (Å²) in [5.74, 6) is -5.18. The Bertz CT molecular complexity index is 1760. The van der Waals surface area contributed by atoms with Crippen LogP contribution in [0.1, 0.15) is 60.7 Å². The number of aromatic nitrogens is 2. The Morgan fingerprint density at radius 3 is 2.36 bits per heavy atom. The van der Waals surface area contributed by atoms with E-state index in [1.54, 1.807) is 13.8 Å². The summed E-state index contributed by atoms with van der Waals surface area (Å²) in [6.45, 7) is 4.17. The summed E-state index contributed by atoms with van der Waals surface area (Å²) >= 11 is -2.84. The fourth-order valence-corrected chi connectivity index (χ4v) is 7.63. The van der Waals surface area contributed by atoms with Crippen molar-refractivity contribution in [2.75, 3.05) is 33.4 Å². The minimum atomic E-state index is -3.85. The summed E-state index contributed by atoms with van der Waals surface area (Å²) in [7, 11) is -7.28. The number of carbonyl (C=O) groups excluding carboxylic acids is 2. The number of nitrogens with one attached hydrogen (secondary N) is 1. The summed E-state index contributed by atoms with van der Waals surface area (Å²) < 4.78 is 103. The number of pyridine rings is 1. The Kier molecular flexibility index (Phi) is 10.6. The lowest BCUT2D eigenvalue weighted by Crippen LogP contribution is -2.30. The zero-order valence-electron chi connectivity index (χ0n) is 23.0. The number of sulfone groups is 1. The molecule has 0 aliphatic rings. The molecule has 42 heavy (non-hydrogen) atoms. The molecule has 2 heterocycles. The number of nitrogens with zero attached hydrogens (tertiary/aromatic N) is 3. The molecule has 0 radical (unpaired) electrons. The van der Waals surface area contributed by atoms with Crippen LogP contribution in [-0.4, -0.2) is 70.0 Å². The van der Waals surface area contributed by atoms with Gasteiger partial charge in [0.2, 0.25) is 10.0 Å². The standard InChI is InChI=1S/C25H30F2N4O8S3/c1-4-10-41(36,37)12-6-9-30(40(34)35)21-8-7-20(26)22(23(21)27)25(33)29-17-13-18-19(16(3)32)15-31(24(18)28-14-17)42(38,39)11-5-2/h7-8,13-15H,4-6,9-12H2,1-3H3,(H,29,33)(H,34,35). The molecular formula is C25H30F2N4O8S3. The molecule has 1 aromatic carbocycles. The van der Waals surface area contributed by atoms with Gasteiger partial charge in [-0.25, -0.2) is 38.8 Å². The van der Waals surface area contributed by atoms with Crippen molar-refractivity contribution in [3.8, 4) is 0 Å². The number of hydrogen-bond donors (Lipinski definition) is 2. The molecule has 0 aliphatic heterocycles. The number of amides is 1. The van der Waals surface area contributed by atoms with Crippen LogP contribution in [0.5, 0.6) is 0 Å². The van der Waals surface area contributed by atoms with E-state index in [1.165, 1.54) is 13.0 Å². The van der Waals surface area contributed by atoms with Crippen LogP contribution in [0.2, 0.25) is 0 Å². The van der Waals surface area contributed by atoms with E-state index in [4.69, 9.17) is 0 Å². The SMILES string of the molecule is CCCS(=O)(=O)CCCN(c1ccc(F)c(C(=O)Nc2cnc3c(c2)c(C(C)=O)cn3S(=O)(=O)CCC)c1F)S(=O)O. The zero-order valence-corrected chi connectivity index (χ0v) is 25.4. The number of anilines is 2. The van der Waals surface area contributed by atoms with Crippen LogP contribution in [0.25, 0.3) is 11.0 Å². The number of Topliss-reactive ketones (excluding diaryl/α,β-unsaturated/α-hetero) is 1. The van der Waals surface area contributed by atoms with E-state index < -0.39 is 65.7 Å². The summed E-state index contributed by atoms with van der Waals surface area (Å²) in [6.07, 6.45) is 2.72. The summed E-state index contributed by atoms with van der Waals surface area (Å²) in [6, 6.07) is 2.80. The van der Waals surface area contributed by atoms with Crippen molar-refractivity contribution in [2.24, 2.45) is 0 Å². The molecule has 0 bridgehead atoms. The van der Waals surface area contributed by atoms with Crippen molar-refractivity contribution in [1.82, 2.24) is 8.96 Å². The van der Waals surface area contributed by atoms with Crippen molar-refractivity contribution in [2.45, 2.75) is 40.0 Å². The molecule has 3 rings (SSSR count). The van der Waals surface area contributed by atoms with Crippen LogP contribution >= 0.6 is 0 Å². The second kappa shape index (κ2) is 13.4. The highest BCUT2D eigenvalue weighted by molar-refractivity contribution is 7.91. The van der Waals surface area contributed by atoms with Gasteiger partial charge in [-0.1, -0.05) is 13.8 Å². The van der Waals surface area contributed by atoms with E-state index in [-0.39, 0.29) is 52.5 Å². The molecule has 1 amide bonds. The second-order valence-corrected chi connectivity index (χ2v) is 14.5. The molecule has 0 fully saturated rings. The molecule has 230 valence electrons. The average Bonchev–Trinajstić information content (AvgIpc) is 3.27. The maximum absolute atomic E-state index is 15.5. The first-order chi connectivity index (χ1) is 19.6. The number of rotatable bonds is 14. The smallest absolute Gasteiger partial charge is 0.261 e. The molecule has 0 aliphatic carbocycles. The van der Waals surface area contributed by atoms with Crippen LogP contribution in [0.4, 0.5) is 20.2 Å². The van der Waals surface area contributed by atoms with Crippen LogP contribution in [-0.2, 0) is 31.1 Å². The molecule has 2 aromatic heterocycles. The Hall–Kier alpha value is -3.28. The van der Waals surface area contributed by atoms with Gasteiger partial charge in [-0.2, -0.15) is 0 Å². The van der Waals surface area contributed by atoms with E-state index >= 15 is 4.39 Å². The van der Waals surface area contributed by atoms with Crippen LogP contribution in [0.15, 0.2) is 30.6 Å². The third-order valence-electron chi connectivity index (χ3n) is 6.10. The molecule has 12 nitrogen and oxygen atoms in total. The van der Waals surface area contributed by atoms with Gasteiger partial charge in [0.25, 0.3) is 17.2 Å². The zero-order chi connectivity index (χ0) is 31.4. The van der Waals surface area contributed by atoms with Crippen LogP contribution in [0, 0.1) is 11.6 Å². The van der Waals surface area contributed by atoms with Crippen LogP contribution < -0.4 is 9.62 Å². The van der Waals surface area contributed by atoms with Crippen LogP contribution in [0.3, 0.4) is 0 Å². The van der Waals surface area contributed by atoms with Gasteiger partial charge in [0, 0.05) is 29.4 Å². The lowest BCUT2D eigenvalue weighted by molar-refractivity contribution is 0.101. The fourth-order valence-electron chi connectivity index (χ4n) is 4.26.